The lowest BCUT2D eigenvalue weighted by atomic mass is 9.88. The Morgan fingerprint density at radius 2 is 2.07 bits per heavy atom. The molecule has 0 bridgehead atoms. The number of nitrogens with zero attached hydrogens (tertiary/aromatic N) is 3. The molecule has 158 valence electrons. The zero-order valence-corrected chi connectivity index (χ0v) is 16.9. The fourth-order valence-corrected chi connectivity index (χ4v) is 4.30. The third kappa shape index (κ3) is 4.25. The second-order valence-electron chi connectivity index (χ2n) is 8.33. The number of fused-ring (bicyclic) bond motifs is 3. The van der Waals surface area contributed by atoms with Crippen molar-refractivity contribution in [3.63, 3.8) is 0 Å². The summed E-state index contributed by atoms with van der Waals surface area (Å²) in [6, 6.07) is 5.86. The number of carbonyl (C=O) groups is 2. The van der Waals surface area contributed by atoms with Crippen LogP contribution in [0.4, 0.5) is 4.79 Å². The van der Waals surface area contributed by atoms with Crippen molar-refractivity contribution in [3.8, 4) is 6.07 Å². The predicted molar refractivity (Wildman–Crippen MR) is 108 cm³/mol. The summed E-state index contributed by atoms with van der Waals surface area (Å²) in [5, 5.41) is 19.7. The highest BCUT2D eigenvalue weighted by Crippen LogP contribution is 2.34. The fourth-order valence-electron chi connectivity index (χ4n) is 4.30. The van der Waals surface area contributed by atoms with E-state index in [4.69, 9.17) is 14.8 Å². The van der Waals surface area contributed by atoms with Crippen molar-refractivity contribution in [1.29, 1.82) is 5.26 Å². The van der Waals surface area contributed by atoms with Crippen LogP contribution in [-0.2, 0) is 17.8 Å². The number of rotatable bonds is 2. The van der Waals surface area contributed by atoms with E-state index in [0.29, 0.717) is 31.0 Å². The highest BCUT2D eigenvalue weighted by molar-refractivity contribution is 5.82. The molecule has 2 saturated carbocycles. The topological polar surface area (TPSA) is 119 Å². The van der Waals surface area contributed by atoms with Crippen molar-refractivity contribution >= 4 is 23.1 Å². The van der Waals surface area contributed by atoms with E-state index in [0.717, 1.165) is 42.5 Å². The van der Waals surface area contributed by atoms with Gasteiger partial charge >= 0.3 is 6.09 Å². The Hall–Kier alpha value is -3.08. The van der Waals surface area contributed by atoms with Gasteiger partial charge in [0, 0.05) is 42.6 Å². The van der Waals surface area contributed by atoms with Crippen molar-refractivity contribution in [3.05, 3.63) is 29.7 Å². The maximum atomic E-state index is 12.7. The molecule has 0 spiro atoms. The standard InChI is InChI=1S/C17H20N2O2.C5H6N2O2/c20-17(12-5-2-1-3-6-12)19-10-8-15-14(11-19)13-7-4-9-18-16(13)21-15;6-3-5(1-2-5)7-4(8)9/h4,7,9,12H,1-3,5-6,8,10-11H2;7H,1-2H2,(H,8,9). The van der Waals surface area contributed by atoms with Crippen molar-refractivity contribution in [2.45, 2.75) is 63.5 Å². The molecule has 3 heterocycles. The van der Waals surface area contributed by atoms with Gasteiger partial charge in [0.05, 0.1) is 6.07 Å². The van der Waals surface area contributed by atoms with Gasteiger partial charge in [-0.1, -0.05) is 19.3 Å². The van der Waals surface area contributed by atoms with Crippen LogP contribution in [0.25, 0.3) is 11.1 Å². The van der Waals surface area contributed by atoms with Crippen LogP contribution in [0.2, 0.25) is 0 Å². The van der Waals surface area contributed by atoms with E-state index < -0.39 is 11.6 Å². The Balaban J connectivity index is 0.000000204. The van der Waals surface area contributed by atoms with Crippen molar-refractivity contribution < 1.29 is 19.1 Å². The number of aromatic nitrogens is 1. The number of nitrogens with one attached hydrogen (secondary N) is 1. The van der Waals surface area contributed by atoms with E-state index in [1.54, 1.807) is 6.20 Å². The number of carboxylic acid groups (broad SMARTS) is 1. The number of hydrogen-bond acceptors (Lipinski definition) is 5. The first-order chi connectivity index (χ1) is 14.5. The maximum absolute atomic E-state index is 12.7. The van der Waals surface area contributed by atoms with Gasteiger partial charge in [0.2, 0.25) is 11.6 Å². The Morgan fingerprint density at radius 3 is 2.70 bits per heavy atom. The molecule has 8 nitrogen and oxygen atoms in total. The van der Waals surface area contributed by atoms with Crippen LogP contribution in [-0.4, -0.2) is 39.1 Å². The molecule has 2 aromatic heterocycles. The Morgan fingerprint density at radius 1 is 1.30 bits per heavy atom. The molecule has 2 amide bonds. The first-order valence-electron chi connectivity index (χ1n) is 10.6. The number of hydrogen-bond donors (Lipinski definition) is 2. The lowest BCUT2D eigenvalue weighted by Gasteiger charge is -2.31. The minimum absolute atomic E-state index is 0.247. The van der Waals surface area contributed by atoms with Crippen molar-refractivity contribution in [2.75, 3.05) is 6.54 Å². The molecule has 5 rings (SSSR count). The zero-order chi connectivity index (χ0) is 21.1. The normalized spacial score (nSPS) is 19.8. The van der Waals surface area contributed by atoms with Gasteiger partial charge in [-0.25, -0.2) is 9.78 Å². The highest BCUT2D eigenvalue weighted by atomic mass is 16.4. The van der Waals surface area contributed by atoms with Gasteiger partial charge in [-0.2, -0.15) is 5.26 Å². The Kier molecular flexibility index (Phi) is 5.62. The lowest BCUT2D eigenvalue weighted by molar-refractivity contribution is -0.137. The molecule has 0 radical (unpaired) electrons. The Bertz CT molecular complexity index is 983. The van der Waals surface area contributed by atoms with E-state index in [1.165, 1.54) is 19.3 Å². The summed E-state index contributed by atoms with van der Waals surface area (Å²) in [7, 11) is 0. The number of carbonyl (C=O) groups excluding carboxylic acids is 1. The zero-order valence-electron chi connectivity index (χ0n) is 16.9. The van der Waals surface area contributed by atoms with E-state index in [2.05, 4.69) is 10.3 Å². The number of amides is 2. The summed E-state index contributed by atoms with van der Waals surface area (Å²) >= 11 is 0. The molecule has 2 N–H and O–H groups in total. The lowest BCUT2D eigenvalue weighted by Crippen LogP contribution is -2.40. The molecule has 30 heavy (non-hydrogen) atoms. The molecule has 0 unspecified atom stereocenters. The van der Waals surface area contributed by atoms with E-state index >= 15 is 0 Å². The number of furan rings is 1. The van der Waals surface area contributed by atoms with Crippen LogP contribution >= 0.6 is 0 Å². The fraction of sp³-hybridized carbons (Fsp3) is 0.545. The molecule has 0 atom stereocenters. The van der Waals surface area contributed by atoms with Gasteiger partial charge in [0.25, 0.3) is 0 Å². The Labute approximate surface area is 174 Å². The van der Waals surface area contributed by atoms with Crippen LogP contribution in [0.15, 0.2) is 22.7 Å². The molecular formula is C22H26N4O4. The van der Waals surface area contributed by atoms with Crippen LogP contribution in [0.1, 0.15) is 56.3 Å². The largest absolute Gasteiger partial charge is 0.465 e. The first kappa shape index (κ1) is 20.2. The van der Waals surface area contributed by atoms with Gasteiger partial charge in [0.15, 0.2) is 0 Å². The minimum Gasteiger partial charge on any atom is -0.465 e. The average Bonchev–Trinajstić information content (AvgIpc) is 3.44. The molecule has 0 aromatic carbocycles. The summed E-state index contributed by atoms with van der Waals surface area (Å²) in [5.41, 5.74) is 1.13. The summed E-state index contributed by atoms with van der Waals surface area (Å²) in [6.45, 7) is 1.46. The van der Waals surface area contributed by atoms with Crippen LogP contribution in [0.5, 0.6) is 0 Å². The molecule has 2 aliphatic carbocycles. The SMILES string of the molecule is N#CC1(NC(=O)O)CC1.O=C(C1CCCCC1)N1CCc2oc3ncccc3c2C1. The molecule has 3 aliphatic rings. The van der Waals surface area contributed by atoms with Gasteiger partial charge in [-0.05, 0) is 37.8 Å². The highest BCUT2D eigenvalue weighted by Gasteiger charge is 2.44. The average molecular weight is 410 g/mol. The van der Waals surface area contributed by atoms with Gasteiger partial charge in [-0.15, -0.1) is 0 Å². The molecular weight excluding hydrogens is 384 g/mol. The van der Waals surface area contributed by atoms with Gasteiger partial charge in [0.1, 0.15) is 11.3 Å². The number of pyridine rings is 1. The van der Waals surface area contributed by atoms with E-state index in [9.17, 15) is 9.59 Å². The molecule has 2 aromatic rings. The monoisotopic (exact) mass is 410 g/mol. The van der Waals surface area contributed by atoms with E-state index in [1.807, 2.05) is 23.1 Å². The van der Waals surface area contributed by atoms with Crippen LogP contribution in [0.3, 0.4) is 0 Å². The minimum atomic E-state index is -1.12. The summed E-state index contributed by atoms with van der Waals surface area (Å²) < 4.78 is 5.81. The molecule has 8 heteroatoms. The predicted octanol–water partition coefficient (Wildman–Crippen LogP) is 3.60. The van der Waals surface area contributed by atoms with Crippen LogP contribution < -0.4 is 5.32 Å². The van der Waals surface area contributed by atoms with Gasteiger partial charge < -0.3 is 19.7 Å². The molecule has 1 aliphatic heterocycles. The summed E-state index contributed by atoms with van der Waals surface area (Å²) in [6.07, 6.45) is 8.56. The van der Waals surface area contributed by atoms with Crippen molar-refractivity contribution in [2.24, 2.45) is 5.92 Å². The maximum Gasteiger partial charge on any atom is 0.405 e. The van der Waals surface area contributed by atoms with Crippen molar-refractivity contribution in [1.82, 2.24) is 15.2 Å². The second-order valence-corrected chi connectivity index (χ2v) is 8.33. The third-order valence-electron chi connectivity index (χ3n) is 6.19. The summed E-state index contributed by atoms with van der Waals surface area (Å²) in [4.78, 5) is 29.0. The molecule has 0 saturated heterocycles. The van der Waals surface area contributed by atoms with Gasteiger partial charge in [-0.3, -0.25) is 4.79 Å². The quantitative estimate of drug-likeness (QED) is 0.781. The smallest absolute Gasteiger partial charge is 0.405 e. The van der Waals surface area contributed by atoms with Crippen LogP contribution in [0, 0.1) is 17.2 Å². The first-order valence-corrected chi connectivity index (χ1v) is 10.6. The summed E-state index contributed by atoms with van der Waals surface area (Å²) in [5.74, 6) is 1.60. The molecule has 2 fully saturated rings. The van der Waals surface area contributed by atoms with E-state index in [-0.39, 0.29) is 5.92 Å². The number of nitriles is 1. The third-order valence-corrected chi connectivity index (χ3v) is 6.19. The second kappa shape index (κ2) is 8.34.